The van der Waals surface area contributed by atoms with E-state index >= 15 is 0 Å². The van der Waals surface area contributed by atoms with E-state index in [0.717, 1.165) is 26.2 Å². The van der Waals surface area contributed by atoms with E-state index in [2.05, 4.69) is 65.8 Å². The van der Waals surface area contributed by atoms with Gasteiger partial charge in [-0.05, 0) is 51.0 Å². The maximum Gasteiger partial charge on any atom is 0.469 e. The molecule has 3 rings (SSSR count). The van der Waals surface area contributed by atoms with Crippen LogP contribution in [0.3, 0.4) is 0 Å². The van der Waals surface area contributed by atoms with Crippen molar-refractivity contribution in [3.05, 3.63) is 54.1 Å². The number of phosphoric ester groups is 1. The van der Waals surface area contributed by atoms with Crippen LogP contribution >= 0.6 is 20.5 Å². The summed E-state index contributed by atoms with van der Waals surface area (Å²) in [4.78, 5) is 120. The number of primary amides is 1. The molecule has 1 saturated heterocycles. The van der Waals surface area contributed by atoms with Gasteiger partial charge in [-0.25, -0.2) is 9.55 Å². The highest BCUT2D eigenvalue weighted by molar-refractivity contribution is 7.80. The molecule has 1 aliphatic rings. The maximum absolute atomic E-state index is 14.2. The van der Waals surface area contributed by atoms with E-state index in [-0.39, 0.29) is 88.7 Å². The van der Waals surface area contributed by atoms with E-state index in [4.69, 9.17) is 25.7 Å². The molecule has 0 aliphatic carbocycles. The number of phosphoric acid groups is 1. The fourth-order valence-corrected chi connectivity index (χ4v) is 8.00. The number of thiol groups is 1. The number of carbonyl (C=O) groups is 7. The first-order valence-corrected chi connectivity index (χ1v) is 25.3. The van der Waals surface area contributed by atoms with E-state index in [9.17, 15) is 47.9 Å². The molecule has 26 heteroatoms. The number of aryl methyl sites for hydroxylation is 1. The van der Waals surface area contributed by atoms with Crippen molar-refractivity contribution < 1.29 is 66.6 Å². The lowest BCUT2D eigenvalue weighted by atomic mass is 10.0. The summed E-state index contributed by atoms with van der Waals surface area (Å²) in [5.74, 6) is -4.97. The molecule has 24 nitrogen and oxygen atoms in total. The van der Waals surface area contributed by atoms with Gasteiger partial charge in [0.05, 0.1) is 57.4 Å². The van der Waals surface area contributed by atoms with Crippen LogP contribution in [0.2, 0.25) is 0 Å². The average Bonchev–Trinajstić information content (AvgIpc) is 3.99. The molecular weight excluding hydrogens is 956 g/mol. The third-order valence-corrected chi connectivity index (χ3v) is 11.9. The first-order valence-electron chi connectivity index (χ1n) is 23.2. The van der Waals surface area contributed by atoms with E-state index in [1.54, 1.807) is 0 Å². The largest absolute Gasteiger partial charge is 0.469 e. The predicted molar refractivity (Wildman–Crippen MR) is 257 cm³/mol. The lowest BCUT2D eigenvalue weighted by Gasteiger charge is -2.28. The van der Waals surface area contributed by atoms with E-state index < -0.39 is 85.8 Å². The number of rotatable bonds is 33. The smallest absolute Gasteiger partial charge is 0.379 e. The Morgan fingerprint density at radius 3 is 2.20 bits per heavy atom. The van der Waals surface area contributed by atoms with E-state index in [1.165, 1.54) is 29.9 Å². The second-order valence-corrected chi connectivity index (χ2v) is 18.8. The van der Waals surface area contributed by atoms with Gasteiger partial charge in [-0.1, -0.05) is 44.2 Å². The minimum Gasteiger partial charge on any atom is -0.379 e. The zero-order chi connectivity index (χ0) is 51.8. The van der Waals surface area contributed by atoms with Gasteiger partial charge in [-0.2, -0.15) is 12.6 Å². The fraction of sp³-hybridized carbons (Fsp3) is 0.636. The quantitative estimate of drug-likeness (QED) is 0.0226. The van der Waals surface area contributed by atoms with Gasteiger partial charge in [0.15, 0.2) is 0 Å². The highest BCUT2D eigenvalue weighted by Crippen LogP contribution is 2.38. The average molecular weight is 1030 g/mol. The number of hydrogen-bond donors (Lipinski definition) is 11. The Morgan fingerprint density at radius 1 is 0.886 bits per heavy atom. The first kappa shape index (κ1) is 59.3. The number of carbonyl (C=O) groups excluding carboxylic acids is 7. The number of ether oxygens (including phenoxy) is 3. The molecule has 1 aliphatic heterocycles. The number of aromatic amines is 1. The summed E-state index contributed by atoms with van der Waals surface area (Å²) < 4.78 is 33.2. The Hall–Kier alpha value is -4.98. The van der Waals surface area contributed by atoms with Gasteiger partial charge in [0.25, 0.3) is 0 Å². The molecule has 70 heavy (non-hydrogen) atoms. The van der Waals surface area contributed by atoms with E-state index in [1.807, 2.05) is 32.0 Å². The molecule has 1 fully saturated rings. The van der Waals surface area contributed by atoms with E-state index in [0.29, 0.717) is 12.3 Å². The van der Waals surface area contributed by atoms with Gasteiger partial charge >= 0.3 is 7.82 Å². The van der Waals surface area contributed by atoms with Crippen molar-refractivity contribution in [1.82, 2.24) is 41.5 Å². The molecule has 1 aromatic carbocycles. The number of nitrogens with two attached hydrogens (primary N) is 2. The monoisotopic (exact) mass is 1030 g/mol. The molecule has 12 N–H and O–H groups in total. The second-order valence-electron chi connectivity index (χ2n) is 17.2. The van der Waals surface area contributed by atoms with Crippen molar-refractivity contribution in [2.24, 2.45) is 17.4 Å². The van der Waals surface area contributed by atoms with Crippen molar-refractivity contribution in [3.63, 3.8) is 0 Å². The standard InChI is InChI=1S/C44H71N10O14PS/c1-27(2)20-34(43(60)51-35(21-31-23-47-26-49-31)42(59)50-28(3)40(57)53-38(39(46)56)29(4)68-69(62,63)64)52-44(61)36-22-32(67-15-9-8-12-30-10-6-5-7-11-30)24-54(36)37(55)13-16-65-18-19-66-17-14-48-41(58)33(45)25-70/h5-7,10-11,23,26-29,32-36,38,70H,8-9,12-22,24-25,45H2,1-4H3,(H2,46,56)(H,47,49)(H,48,58)(H,50,59)(H,51,60)(H,52,61)(H,53,57)(H2,62,63,64)/t28-,29+,32+,33-,34-,35-,36-,38-/m0/s1. The Bertz CT molecular complexity index is 2020. The van der Waals surface area contributed by atoms with Crippen molar-refractivity contribution in [2.75, 3.05) is 51.9 Å². The van der Waals surface area contributed by atoms with Gasteiger partial charge in [-0.3, -0.25) is 38.1 Å². The van der Waals surface area contributed by atoms with Crippen LogP contribution in [-0.4, -0.2) is 166 Å². The molecule has 0 bridgehead atoms. The number of benzene rings is 1. The molecule has 0 radical (unpaired) electrons. The van der Waals surface area contributed by atoms with Crippen LogP contribution in [-0.2, 0) is 69.7 Å². The summed E-state index contributed by atoms with van der Waals surface area (Å²) in [5.41, 5.74) is 12.6. The molecule has 0 spiro atoms. The normalized spacial score (nSPS) is 17.4. The van der Waals surface area contributed by atoms with Gasteiger partial charge in [0.2, 0.25) is 41.4 Å². The minimum absolute atomic E-state index is 0.0277. The molecule has 7 amide bonds. The third-order valence-electron chi connectivity index (χ3n) is 10.9. The highest BCUT2D eigenvalue weighted by atomic mass is 32.1. The molecule has 0 unspecified atom stereocenters. The van der Waals surface area contributed by atoms with Crippen LogP contribution < -0.4 is 38.1 Å². The van der Waals surface area contributed by atoms with Crippen molar-refractivity contribution in [1.29, 1.82) is 0 Å². The summed E-state index contributed by atoms with van der Waals surface area (Å²) in [6.07, 6.45) is 3.32. The first-order chi connectivity index (χ1) is 33.2. The summed E-state index contributed by atoms with van der Waals surface area (Å²) in [7, 11) is -5.08. The van der Waals surface area contributed by atoms with Crippen LogP contribution in [0.4, 0.5) is 0 Å². The molecule has 1 aromatic heterocycles. The number of hydrogen-bond acceptors (Lipinski definition) is 15. The molecular formula is C44H71N10O14PS. The van der Waals surface area contributed by atoms with Crippen LogP contribution in [0.1, 0.15) is 71.1 Å². The fourth-order valence-electron chi connectivity index (χ4n) is 7.28. The van der Waals surface area contributed by atoms with Crippen LogP contribution in [0.15, 0.2) is 42.9 Å². The SMILES string of the molecule is CC(C)C[C@H](NC(=O)[C@@H]1C[C@@H](OCCCCc2ccccc2)CN1C(=O)CCOCCOCCNC(=O)[C@@H](N)CS)C(=O)N[C@@H](Cc1cnc[nH]1)C(=O)N[C@@H](C)C(=O)N[C@H](C(N)=O)[C@@H](C)OP(=O)(O)O. The van der Waals surface area contributed by atoms with Crippen molar-refractivity contribution >= 4 is 61.8 Å². The number of nitrogens with zero attached hydrogens (tertiary/aromatic N) is 2. The number of H-pyrrole nitrogens is 1. The van der Waals surface area contributed by atoms with Gasteiger partial charge in [0.1, 0.15) is 30.2 Å². The summed E-state index contributed by atoms with van der Waals surface area (Å²) in [6.45, 7) is 7.44. The van der Waals surface area contributed by atoms with Gasteiger partial charge < -0.3 is 71.9 Å². The maximum atomic E-state index is 14.2. The molecule has 2 heterocycles. The minimum atomic E-state index is -5.08. The zero-order valence-electron chi connectivity index (χ0n) is 40.1. The predicted octanol–water partition coefficient (Wildman–Crippen LogP) is -1.25. The topological polar surface area (TPSA) is 358 Å². The van der Waals surface area contributed by atoms with Gasteiger partial charge in [0, 0.05) is 50.2 Å². The third kappa shape index (κ3) is 22.0. The number of nitrogens with one attached hydrogen (secondary N) is 6. The number of unbranched alkanes of at least 4 members (excludes halogenated alkanes) is 1. The Kier molecular flexibility index (Phi) is 26.0. The molecule has 2 aromatic rings. The Balaban J connectivity index is 1.70. The number of amides is 7. The zero-order valence-corrected chi connectivity index (χ0v) is 41.9. The second kappa shape index (κ2) is 30.7. The van der Waals surface area contributed by atoms with Gasteiger partial charge in [-0.15, -0.1) is 0 Å². The number of aromatic nitrogens is 2. The summed E-state index contributed by atoms with van der Waals surface area (Å²) >= 11 is 4.00. The van der Waals surface area contributed by atoms with Crippen LogP contribution in [0.5, 0.6) is 0 Å². The molecule has 8 atom stereocenters. The number of imidazole rings is 1. The highest BCUT2D eigenvalue weighted by Gasteiger charge is 2.41. The molecule has 392 valence electrons. The van der Waals surface area contributed by atoms with Crippen LogP contribution in [0.25, 0.3) is 0 Å². The summed E-state index contributed by atoms with van der Waals surface area (Å²) in [5, 5.41) is 12.8. The molecule has 0 saturated carbocycles. The van der Waals surface area contributed by atoms with Crippen LogP contribution in [0, 0.1) is 5.92 Å². The lowest BCUT2D eigenvalue weighted by Crippen LogP contribution is -2.59. The van der Waals surface area contributed by atoms with Crippen molar-refractivity contribution in [2.45, 2.75) is 121 Å². The summed E-state index contributed by atoms with van der Waals surface area (Å²) in [6, 6.07) is 2.69. The lowest BCUT2D eigenvalue weighted by molar-refractivity contribution is -0.140. The Labute approximate surface area is 413 Å². The van der Waals surface area contributed by atoms with Crippen molar-refractivity contribution in [3.8, 4) is 0 Å². The Morgan fingerprint density at radius 2 is 1.57 bits per heavy atom. The number of likely N-dealkylation sites (tertiary alicyclic amines) is 1.